The molecule has 6 heteroatoms. The minimum atomic E-state index is -0.485. The molecule has 2 aromatic rings. The zero-order chi connectivity index (χ0) is 15.4. The maximum atomic E-state index is 11.8. The zero-order valence-electron chi connectivity index (χ0n) is 11.9. The highest BCUT2D eigenvalue weighted by atomic mass is 79.9. The van der Waals surface area contributed by atoms with Crippen molar-refractivity contribution in [3.63, 3.8) is 0 Å². The molecule has 1 heterocycles. The first-order chi connectivity index (χ1) is 10.0. The number of hydrogen-bond acceptors (Lipinski definition) is 5. The van der Waals surface area contributed by atoms with Crippen molar-refractivity contribution >= 4 is 27.7 Å². The van der Waals surface area contributed by atoms with Crippen molar-refractivity contribution in [2.45, 2.75) is 20.3 Å². The molecule has 0 unspecified atom stereocenters. The Hall–Kier alpha value is -1.95. The van der Waals surface area contributed by atoms with E-state index in [1.807, 2.05) is 24.3 Å². The van der Waals surface area contributed by atoms with Crippen molar-refractivity contribution in [3.8, 4) is 0 Å². The second-order valence-electron chi connectivity index (χ2n) is 4.51. The lowest BCUT2D eigenvalue weighted by atomic mass is 10.1. The van der Waals surface area contributed by atoms with Crippen LogP contribution in [0.2, 0.25) is 0 Å². The monoisotopic (exact) mass is 349 g/mol. The van der Waals surface area contributed by atoms with Gasteiger partial charge in [-0.15, -0.1) is 0 Å². The summed E-state index contributed by atoms with van der Waals surface area (Å²) in [7, 11) is 0. The molecule has 1 aromatic heterocycles. The number of nitrogens with two attached hydrogens (primary N) is 1. The van der Waals surface area contributed by atoms with Crippen molar-refractivity contribution < 1.29 is 9.53 Å². The van der Waals surface area contributed by atoms with Crippen molar-refractivity contribution in [3.05, 3.63) is 51.4 Å². The van der Waals surface area contributed by atoms with Crippen LogP contribution in [0.4, 0.5) is 5.82 Å². The molecule has 110 valence electrons. The maximum absolute atomic E-state index is 11.8. The number of hydrogen-bond donors (Lipinski definition) is 1. The molecule has 0 atom stereocenters. The number of esters is 1. The van der Waals surface area contributed by atoms with E-state index >= 15 is 0 Å². The zero-order valence-corrected chi connectivity index (χ0v) is 13.5. The van der Waals surface area contributed by atoms with Crippen molar-refractivity contribution in [1.82, 2.24) is 9.97 Å². The van der Waals surface area contributed by atoms with Gasteiger partial charge in [-0.1, -0.05) is 28.1 Å². The molecule has 21 heavy (non-hydrogen) atoms. The number of ether oxygens (including phenoxy) is 1. The lowest BCUT2D eigenvalue weighted by Gasteiger charge is -2.09. The summed E-state index contributed by atoms with van der Waals surface area (Å²) in [6, 6.07) is 7.88. The summed E-state index contributed by atoms with van der Waals surface area (Å²) in [4.78, 5) is 20.4. The predicted octanol–water partition coefficient (Wildman–Crippen LogP) is 2.90. The van der Waals surface area contributed by atoms with Crippen LogP contribution in [0.25, 0.3) is 0 Å². The molecule has 0 bridgehead atoms. The molecule has 1 aromatic carbocycles. The van der Waals surface area contributed by atoms with E-state index in [1.165, 1.54) is 0 Å². The summed E-state index contributed by atoms with van der Waals surface area (Å²) in [5, 5.41) is 0. The number of halogens is 1. The second kappa shape index (κ2) is 6.67. The number of nitrogens with zero attached hydrogens (tertiary/aromatic N) is 2. The van der Waals surface area contributed by atoms with Crippen LogP contribution in [0.15, 0.2) is 28.7 Å². The van der Waals surface area contributed by atoms with Crippen LogP contribution in [0.1, 0.15) is 34.4 Å². The highest BCUT2D eigenvalue weighted by Gasteiger charge is 2.18. The molecule has 2 N–H and O–H groups in total. The molecule has 5 nitrogen and oxygen atoms in total. The van der Waals surface area contributed by atoms with Gasteiger partial charge in [0.05, 0.1) is 12.3 Å². The van der Waals surface area contributed by atoms with Gasteiger partial charge in [0.2, 0.25) is 0 Å². The maximum Gasteiger partial charge on any atom is 0.343 e. The molecular formula is C15H16BrN3O2. The molecule has 0 radical (unpaired) electrons. The third-order valence-corrected chi connectivity index (χ3v) is 3.39. The molecule has 0 saturated heterocycles. The second-order valence-corrected chi connectivity index (χ2v) is 5.43. The fraction of sp³-hybridized carbons (Fsp3) is 0.267. The number of aromatic nitrogens is 2. The molecule has 0 aliphatic rings. The average molecular weight is 350 g/mol. The minimum absolute atomic E-state index is 0.158. The van der Waals surface area contributed by atoms with E-state index < -0.39 is 5.97 Å². The van der Waals surface area contributed by atoms with Crippen LogP contribution in [0.5, 0.6) is 0 Å². The Bertz CT molecular complexity index is 651. The molecule has 0 aliphatic carbocycles. The van der Waals surface area contributed by atoms with Gasteiger partial charge in [0.25, 0.3) is 0 Å². The standard InChI is InChI=1S/C15H16BrN3O2/c1-3-21-15(20)13-9(2)18-12(19-14(13)17)8-10-5-4-6-11(16)7-10/h4-7H,3,8H2,1-2H3,(H2,17,18,19). The smallest absolute Gasteiger partial charge is 0.343 e. The summed E-state index contributed by atoms with van der Waals surface area (Å²) in [6.45, 7) is 3.76. The highest BCUT2D eigenvalue weighted by molar-refractivity contribution is 9.10. The fourth-order valence-corrected chi connectivity index (χ4v) is 2.47. The van der Waals surface area contributed by atoms with Crippen molar-refractivity contribution in [2.75, 3.05) is 12.3 Å². The first kappa shape index (κ1) is 15.4. The molecule has 0 saturated carbocycles. The summed E-state index contributed by atoms with van der Waals surface area (Å²) in [5.41, 5.74) is 7.72. The third-order valence-electron chi connectivity index (χ3n) is 2.90. The molecule has 0 fully saturated rings. The van der Waals surface area contributed by atoms with Crippen LogP contribution >= 0.6 is 15.9 Å². The summed E-state index contributed by atoms with van der Waals surface area (Å²) in [5.74, 6) is 0.253. The number of nitrogen functional groups attached to an aromatic ring is 1. The summed E-state index contributed by atoms with van der Waals surface area (Å²) in [6.07, 6.45) is 0.549. The predicted molar refractivity (Wildman–Crippen MR) is 84.1 cm³/mol. The molecule has 0 aliphatic heterocycles. The van der Waals surface area contributed by atoms with Crippen molar-refractivity contribution in [2.24, 2.45) is 0 Å². The Balaban J connectivity index is 2.29. The first-order valence-corrected chi connectivity index (χ1v) is 7.35. The molecule has 0 amide bonds. The van der Waals surface area contributed by atoms with Crippen LogP contribution in [0, 0.1) is 6.92 Å². The highest BCUT2D eigenvalue weighted by Crippen LogP contribution is 2.18. The molecule has 2 rings (SSSR count). The van der Waals surface area contributed by atoms with Crippen molar-refractivity contribution in [1.29, 1.82) is 0 Å². The van der Waals surface area contributed by atoms with E-state index in [0.29, 0.717) is 17.9 Å². The van der Waals surface area contributed by atoms with E-state index in [-0.39, 0.29) is 18.0 Å². The van der Waals surface area contributed by atoms with Crippen LogP contribution in [-0.4, -0.2) is 22.5 Å². The number of rotatable bonds is 4. The summed E-state index contributed by atoms with van der Waals surface area (Å²) < 4.78 is 5.95. The normalized spacial score (nSPS) is 10.4. The number of carbonyl (C=O) groups excluding carboxylic acids is 1. The Morgan fingerprint density at radius 3 is 2.76 bits per heavy atom. The van der Waals surface area contributed by atoms with Gasteiger partial charge >= 0.3 is 5.97 Å². The van der Waals surface area contributed by atoms with Gasteiger partial charge in [-0.3, -0.25) is 0 Å². The Kier molecular flexibility index (Phi) is 4.90. The fourth-order valence-electron chi connectivity index (χ4n) is 2.02. The molecule has 0 spiro atoms. The van der Waals surface area contributed by atoms with Gasteiger partial charge in [0.15, 0.2) is 0 Å². The van der Waals surface area contributed by atoms with Crippen LogP contribution < -0.4 is 5.73 Å². The number of anilines is 1. The van der Waals surface area contributed by atoms with E-state index in [0.717, 1.165) is 10.0 Å². The van der Waals surface area contributed by atoms with Gasteiger partial charge < -0.3 is 10.5 Å². The van der Waals surface area contributed by atoms with Gasteiger partial charge in [-0.25, -0.2) is 14.8 Å². The lowest BCUT2D eigenvalue weighted by Crippen LogP contribution is -2.14. The first-order valence-electron chi connectivity index (χ1n) is 6.55. The Morgan fingerprint density at radius 2 is 2.14 bits per heavy atom. The van der Waals surface area contributed by atoms with E-state index in [1.54, 1.807) is 13.8 Å². The van der Waals surface area contributed by atoms with Gasteiger partial charge in [-0.2, -0.15) is 0 Å². The number of benzene rings is 1. The number of aryl methyl sites for hydroxylation is 1. The van der Waals surface area contributed by atoms with Crippen LogP contribution in [0.3, 0.4) is 0 Å². The topological polar surface area (TPSA) is 78.1 Å². The summed E-state index contributed by atoms with van der Waals surface area (Å²) >= 11 is 3.43. The minimum Gasteiger partial charge on any atom is -0.462 e. The van der Waals surface area contributed by atoms with Gasteiger partial charge in [0.1, 0.15) is 17.2 Å². The molecular weight excluding hydrogens is 334 g/mol. The van der Waals surface area contributed by atoms with E-state index in [2.05, 4.69) is 25.9 Å². The van der Waals surface area contributed by atoms with Crippen LogP contribution in [-0.2, 0) is 11.2 Å². The largest absolute Gasteiger partial charge is 0.462 e. The lowest BCUT2D eigenvalue weighted by molar-refractivity contribution is 0.0526. The van der Waals surface area contributed by atoms with Gasteiger partial charge in [0, 0.05) is 10.9 Å². The van der Waals surface area contributed by atoms with E-state index in [4.69, 9.17) is 10.5 Å². The SMILES string of the molecule is CCOC(=O)c1c(C)nc(Cc2cccc(Br)c2)nc1N. The van der Waals surface area contributed by atoms with E-state index in [9.17, 15) is 4.79 Å². The average Bonchev–Trinajstić information content (AvgIpc) is 2.38. The Labute approximate surface area is 131 Å². The van der Waals surface area contributed by atoms with Gasteiger partial charge in [-0.05, 0) is 31.5 Å². The Morgan fingerprint density at radius 1 is 1.38 bits per heavy atom. The number of carbonyl (C=O) groups is 1. The third kappa shape index (κ3) is 3.78. The quantitative estimate of drug-likeness (QED) is 0.858.